The molecule has 0 radical (unpaired) electrons. The highest BCUT2D eigenvalue weighted by Crippen LogP contribution is 2.43. The third kappa shape index (κ3) is 7.34. The number of rotatable bonds is 8. The fourth-order valence-corrected chi connectivity index (χ4v) is 6.68. The van der Waals surface area contributed by atoms with Gasteiger partial charge in [-0.15, -0.1) is 0 Å². The van der Waals surface area contributed by atoms with Gasteiger partial charge in [0, 0.05) is 26.0 Å². The average molecular weight is 539 g/mol. The van der Waals surface area contributed by atoms with Crippen molar-refractivity contribution in [3.05, 3.63) is 30.1 Å². The molecule has 194 valence electrons. The van der Waals surface area contributed by atoms with Crippen LogP contribution in [0.3, 0.4) is 0 Å². The Kier molecular flexibility index (Phi) is 9.29. The monoisotopic (exact) mass is 538 g/mol. The summed E-state index contributed by atoms with van der Waals surface area (Å²) in [6, 6.07) is 3.84. The Morgan fingerprint density at radius 3 is 2.20 bits per heavy atom. The van der Waals surface area contributed by atoms with Crippen LogP contribution < -0.4 is 0 Å². The third-order valence-corrected chi connectivity index (χ3v) is 14.0. The minimum absolute atomic E-state index is 0.0841. The molecule has 3 atom stereocenters. The zero-order valence-corrected chi connectivity index (χ0v) is 25.0. The summed E-state index contributed by atoms with van der Waals surface area (Å²) in [4.78, 5) is 56.2. The summed E-state index contributed by atoms with van der Waals surface area (Å²) in [5.41, 5.74) is 0.395. The lowest BCUT2D eigenvalue weighted by Gasteiger charge is -2.49. The molecule has 1 aromatic heterocycles. The summed E-state index contributed by atoms with van der Waals surface area (Å²) in [7, 11) is -3.70. The van der Waals surface area contributed by atoms with Gasteiger partial charge in [0.05, 0.1) is 18.6 Å². The van der Waals surface area contributed by atoms with Crippen molar-refractivity contribution < 1.29 is 28.3 Å². The molecule has 11 heteroatoms. The summed E-state index contributed by atoms with van der Waals surface area (Å²) in [5, 5.41) is -1.27. The summed E-state index contributed by atoms with van der Waals surface area (Å²) < 4.78 is 11.6. The number of hydrogen-bond acceptors (Lipinski definition) is 8. The molecule has 35 heavy (non-hydrogen) atoms. The normalized spacial score (nSPS) is 19.7. The van der Waals surface area contributed by atoms with Gasteiger partial charge in [0.1, 0.15) is 5.37 Å². The van der Waals surface area contributed by atoms with Gasteiger partial charge in [-0.25, -0.2) is 4.79 Å². The molecule has 0 unspecified atom stereocenters. The average Bonchev–Trinajstić information content (AvgIpc) is 2.71. The minimum Gasteiger partial charge on any atom is -0.459 e. The maximum atomic E-state index is 13.2. The Labute approximate surface area is 214 Å². The number of aromatic nitrogens is 1. The van der Waals surface area contributed by atoms with Crippen LogP contribution in [0.1, 0.15) is 38.1 Å². The van der Waals surface area contributed by atoms with Gasteiger partial charge in [-0.1, -0.05) is 52.2 Å². The first-order valence-corrected chi connectivity index (χ1v) is 19.3. The number of ether oxygens (including phenoxy) is 1. The van der Waals surface area contributed by atoms with Crippen molar-refractivity contribution in [3.8, 4) is 0 Å². The van der Waals surface area contributed by atoms with Crippen LogP contribution in [0.25, 0.3) is 0 Å². The van der Waals surface area contributed by atoms with Crippen LogP contribution >= 0.6 is 11.8 Å². The molecule has 1 fully saturated rings. The van der Waals surface area contributed by atoms with E-state index in [1.54, 1.807) is 19.1 Å². The second-order valence-electron chi connectivity index (χ2n) is 11.6. The Morgan fingerprint density at radius 2 is 1.69 bits per heavy atom. The number of likely N-dealkylation sites (tertiary alicyclic amines) is 1. The number of esters is 1. The van der Waals surface area contributed by atoms with Gasteiger partial charge in [0.15, 0.2) is 8.32 Å². The first-order valence-electron chi connectivity index (χ1n) is 11.8. The van der Waals surface area contributed by atoms with Crippen molar-refractivity contribution in [1.82, 2.24) is 9.88 Å². The Morgan fingerprint density at radius 1 is 1.11 bits per heavy atom. The molecule has 2 heterocycles. The van der Waals surface area contributed by atoms with Crippen molar-refractivity contribution in [2.24, 2.45) is 5.92 Å². The summed E-state index contributed by atoms with van der Waals surface area (Å²) >= 11 is 0.847. The molecule has 2 rings (SSSR count). The number of amides is 2. The topological polar surface area (TPSA) is 103 Å². The lowest BCUT2D eigenvalue weighted by Crippen LogP contribution is -2.67. The highest BCUT2D eigenvalue weighted by Gasteiger charge is 2.57. The van der Waals surface area contributed by atoms with Crippen LogP contribution in [0.5, 0.6) is 0 Å². The Hall–Kier alpha value is -1.83. The molecular formula is C24H38N2O6SSi2. The van der Waals surface area contributed by atoms with Gasteiger partial charge >= 0.3 is 11.9 Å². The van der Waals surface area contributed by atoms with Gasteiger partial charge in [0.2, 0.25) is 11.0 Å². The fraction of sp³-hybridized carbons (Fsp3) is 0.625. The number of hydrogen-bond donors (Lipinski definition) is 0. The van der Waals surface area contributed by atoms with Crippen LogP contribution in [0, 0.1) is 5.92 Å². The molecule has 0 bridgehead atoms. The second kappa shape index (κ2) is 11.1. The lowest BCUT2D eigenvalue weighted by atomic mass is 9.92. The van der Waals surface area contributed by atoms with E-state index in [-0.39, 0.29) is 16.8 Å². The molecule has 0 N–H and O–H groups in total. The SMILES string of the molecule is C[C@@H](O[Si](C)(C)C(C)(C)C)[C@H]1C(=O)N(C(=O)C(=O)OCC[Si](C)(C)C)[C@@H]1SC(=O)c1ccncc1. The maximum absolute atomic E-state index is 13.2. The fourth-order valence-electron chi connectivity index (χ4n) is 3.25. The van der Waals surface area contributed by atoms with E-state index in [1.165, 1.54) is 12.4 Å². The van der Waals surface area contributed by atoms with E-state index in [9.17, 15) is 19.2 Å². The Balaban J connectivity index is 2.24. The van der Waals surface area contributed by atoms with Crippen LogP contribution in [0.2, 0.25) is 43.8 Å². The van der Waals surface area contributed by atoms with Crippen molar-refractivity contribution >= 4 is 51.1 Å². The molecule has 0 aromatic carbocycles. The largest absolute Gasteiger partial charge is 0.459 e. The van der Waals surface area contributed by atoms with Gasteiger partial charge in [-0.2, -0.15) is 0 Å². The van der Waals surface area contributed by atoms with E-state index in [1.807, 2.05) is 0 Å². The first-order chi connectivity index (χ1) is 16.0. The number of nitrogens with zero attached hydrogens (tertiary/aromatic N) is 2. The third-order valence-electron chi connectivity index (χ3n) is 6.50. The van der Waals surface area contributed by atoms with Crippen molar-refractivity contribution in [3.63, 3.8) is 0 Å². The molecule has 0 spiro atoms. The van der Waals surface area contributed by atoms with E-state index in [0.29, 0.717) is 11.6 Å². The smallest absolute Gasteiger partial charge is 0.397 e. The van der Waals surface area contributed by atoms with Crippen LogP contribution in [-0.4, -0.2) is 67.3 Å². The highest BCUT2D eigenvalue weighted by atomic mass is 32.2. The number of carbonyl (C=O) groups is 4. The number of β-lactam (4-membered cyclic amide) rings is 1. The van der Waals surface area contributed by atoms with Crippen molar-refractivity contribution in [1.29, 1.82) is 0 Å². The molecule has 8 nitrogen and oxygen atoms in total. The second-order valence-corrected chi connectivity index (χ2v) is 23.1. The highest BCUT2D eigenvalue weighted by molar-refractivity contribution is 8.14. The quantitative estimate of drug-likeness (QED) is 0.205. The molecule has 2 amide bonds. The van der Waals surface area contributed by atoms with Crippen molar-refractivity contribution in [2.75, 3.05) is 6.61 Å². The molecule has 1 saturated heterocycles. The molecular weight excluding hydrogens is 501 g/mol. The van der Waals surface area contributed by atoms with E-state index >= 15 is 0 Å². The summed E-state index contributed by atoms with van der Waals surface area (Å²) in [6.45, 7) is 18.8. The van der Waals surface area contributed by atoms with E-state index in [2.05, 4.69) is 58.5 Å². The minimum atomic E-state index is -2.23. The maximum Gasteiger partial charge on any atom is 0.397 e. The molecule has 1 aliphatic rings. The molecule has 0 saturated carbocycles. The summed E-state index contributed by atoms with van der Waals surface area (Å²) in [5.74, 6) is -3.38. The van der Waals surface area contributed by atoms with E-state index < -0.39 is 51.6 Å². The van der Waals surface area contributed by atoms with Crippen LogP contribution in [0.15, 0.2) is 24.5 Å². The molecule has 1 aliphatic heterocycles. The van der Waals surface area contributed by atoms with Crippen LogP contribution in [-0.2, 0) is 23.5 Å². The number of carbonyl (C=O) groups excluding carboxylic acids is 4. The van der Waals surface area contributed by atoms with Gasteiger partial charge in [-0.05, 0) is 43.2 Å². The number of thioether (sulfide) groups is 1. The van der Waals surface area contributed by atoms with Gasteiger partial charge in [-0.3, -0.25) is 24.3 Å². The van der Waals surface area contributed by atoms with E-state index in [4.69, 9.17) is 9.16 Å². The molecule has 0 aliphatic carbocycles. The number of pyridine rings is 1. The van der Waals surface area contributed by atoms with Crippen molar-refractivity contribution in [2.45, 2.75) is 83.0 Å². The summed E-state index contributed by atoms with van der Waals surface area (Å²) in [6.07, 6.45) is 2.47. The first kappa shape index (κ1) is 29.4. The standard InChI is InChI=1S/C24H38N2O6SSi2/c1-16(32-35(8,9)24(2,3)4)18-19(27)26(20(28)22(29)31-14-15-34(5,6)7)21(18)33-23(30)17-10-12-25-13-11-17/h10-13,16,18,21H,14-15H2,1-9H3/t16-,18+,21-/m1/s1. The predicted molar refractivity (Wildman–Crippen MR) is 142 cm³/mol. The predicted octanol–water partition coefficient (Wildman–Crippen LogP) is 4.56. The Bertz CT molecular complexity index is 959. The van der Waals surface area contributed by atoms with Gasteiger partial charge in [0.25, 0.3) is 0 Å². The molecule has 1 aromatic rings. The van der Waals surface area contributed by atoms with E-state index in [0.717, 1.165) is 16.7 Å². The lowest BCUT2D eigenvalue weighted by molar-refractivity contribution is -0.174. The van der Waals surface area contributed by atoms with Gasteiger partial charge < -0.3 is 9.16 Å². The zero-order chi connectivity index (χ0) is 26.8. The zero-order valence-electron chi connectivity index (χ0n) is 22.2. The number of imide groups is 1. The van der Waals surface area contributed by atoms with Crippen LogP contribution in [0.4, 0.5) is 0 Å².